The van der Waals surface area contributed by atoms with Crippen LogP contribution in [0.1, 0.15) is 30.4 Å². The Bertz CT molecular complexity index is 394. The van der Waals surface area contributed by atoms with Crippen LogP contribution in [-0.4, -0.2) is 13.2 Å². The first-order valence-electron chi connectivity index (χ1n) is 5.65. The highest BCUT2D eigenvalue weighted by molar-refractivity contribution is 5.39. The van der Waals surface area contributed by atoms with Crippen molar-refractivity contribution in [1.82, 2.24) is 0 Å². The van der Waals surface area contributed by atoms with Gasteiger partial charge in [-0.1, -0.05) is 6.07 Å². The molecule has 0 bridgehead atoms. The molecular weight excluding hydrogens is 205 g/mol. The van der Waals surface area contributed by atoms with Crippen LogP contribution < -0.4 is 10.5 Å². The molecule has 0 spiro atoms. The van der Waals surface area contributed by atoms with Gasteiger partial charge in [0.1, 0.15) is 11.4 Å². The molecule has 0 amide bonds. The summed E-state index contributed by atoms with van der Waals surface area (Å²) in [5.41, 5.74) is 6.25. The van der Waals surface area contributed by atoms with Crippen molar-refractivity contribution in [1.29, 1.82) is 0 Å². The zero-order valence-electron chi connectivity index (χ0n) is 9.79. The normalized spacial score (nSPS) is 29.4. The number of alkyl halides is 1. The molecule has 88 valence electrons. The maximum Gasteiger partial charge on any atom is 0.137 e. The lowest BCUT2D eigenvalue weighted by molar-refractivity contribution is 0.171. The third kappa shape index (κ3) is 1.92. The summed E-state index contributed by atoms with van der Waals surface area (Å²) >= 11 is 0. The van der Waals surface area contributed by atoms with E-state index in [9.17, 15) is 4.39 Å². The largest absolute Gasteiger partial charge is 0.497 e. The van der Waals surface area contributed by atoms with E-state index in [1.165, 1.54) is 0 Å². The van der Waals surface area contributed by atoms with Crippen molar-refractivity contribution in [2.24, 2.45) is 5.73 Å². The summed E-state index contributed by atoms with van der Waals surface area (Å²) in [7, 11) is 1.62. The maximum atomic E-state index is 14.7. The summed E-state index contributed by atoms with van der Waals surface area (Å²) in [6, 6.07) is 5.51. The van der Waals surface area contributed by atoms with Gasteiger partial charge in [0.2, 0.25) is 0 Å². The first-order valence-corrected chi connectivity index (χ1v) is 5.65. The van der Waals surface area contributed by atoms with E-state index < -0.39 is 5.67 Å². The second-order valence-corrected chi connectivity index (χ2v) is 4.65. The number of benzene rings is 1. The van der Waals surface area contributed by atoms with Crippen LogP contribution in [0.4, 0.5) is 4.39 Å². The fourth-order valence-electron chi connectivity index (χ4n) is 2.54. The molecule has 1 aromatic carbocycles. The molecule has 0 heterocycles. The summed E-state index contributed by atoms with van der Waals surface area (Å²) < 4.78 is 19.8. The van der Waals surface area contributed by atoms with E-state index in [0.717, 1.165) is 23.3 Å². The predicted octanol–water partition coefficient (Wildman–Crippen LogP) is 2.68. The van der Waals surface area contributed by atoms with Gasteiger partial charge in [-0.05, 0) is 43.0 Å². The Morgan fingerprint density at radius 1 is 1.50 bits per heavy atom. The van der Waals surface area contributed by atoms with Gasteiger partial charge in [0.05, 0.1) is 7.11 Å². The molecule has 2 nitrogen and oxygen atoms in total. The lowest BCUT2D eigenvalue weighted by Gasteiger charge is -2.22. The van der Waals surface area contributed by atoms with Gasteiger partial charge >= 0.3 is 0 Å². The molecule has 1 aliphatic rings. The van der Waals surface area contributed by atoms with Gasteiger partial charge in [0, 0.05) is 12.5 Å². The predicted molar refractivity (Wildman–Crippen MR) is 62.3 cm³/mol. The van der Waals surface area contributed by atoms with Crippen LogP contribution in [0, 0.1) is 6.92 Å². The second-order valence-electron chi connectivity index (χ2n) is 4.65. The van der Waals surface area contributed by atoms with Crippen LogP contribution in [0.2, 0.25) is 0 Å². The Labute approximate surface area is 95.6 Å². The van der Waals surface area contributed by atoms with Crippen molar-refractivity contribution in [3.63, 3.8) is 0 Å². The first-order chi connectivity index (χ1) is 7.55. The van der Waals surface area contributed by atoms with Crippen molar-refractivity contribution in [2.45, 2.75) is 37.9 Å². The number of aryl methyl sites for hydroxylation is 1. The third-order valence-corrected chi connectivity index (χ3v) is 3.41. The number of ether oxygens (including phenoxy) is 1. The van der Waals surface area contributed by atoms with Crippen molar-refractivity contribution in [3.05, 3.63) is 29.3 Å². The molecule has 0 aliphatic heterocycles. The van der Waals surface area contributed by atoms with Crippen LogP contribution in [0.5, 0.6) is 5.75 Å². The molecule has 1 saturated carbocycles. The average molecular weight is 223 g/mol. The van der Waals surface area contributed by atoms with Crippen LogP contribution in [0.25, 0.3) is 0 Å². The van der Waals surface area contributed by atoms with E-state index in [-0.39, 0.29) is 6.04 Å². The highest BCUT2D eigenvalue weighted by atomic mass is 19.1. The highest BCUT2D eigenvalue weighted by Gasteiger charge is 2.40. The van der Waals surface area contributed by atoms with E-state index in [4.69, 9.17) is 10.5 Å². The molecule has 2 rings (SSSR count). The standard InChI is InChI=1S/C13H18FNO/c1-9-7-11(16-2)3-4-12(9)13(14)6-5-10(15)8-13/h3-4,7,10H,5-6,8,15H2,1-2H3. The van der Waals surface area contributed by atoms with Gasteiger partial charge < -0.3 is 10.5 Å². The van der Waals surface area contributed by atoms with Crippen LogP contribution in [-0.2, 0) is 5.67 Å². The Balaban J connectivity index is 2.33. The van der Waals surface area contributed by atoms with Crippen LogP contribution in [0.3, 0.4) is 0 Å². The summed E-state index contributed by atoms with van der Waals surface area (Å²) in [6.07, 6.45) is 1.73. The summed E-state index contributed by atoms with van der Waals surface area (Å²) in [5.74, 6) is 0.771. The maximum absolute atomic E-state index is 14.7. The fraction of sp³-hybridized carbons (Fsp3) is 0.538. The van der Waals surface area contributed by atoms with Gasteiger partial charge in [-0.25, -0.2) is 4.39 Å². The summed E-state index contributed by atoms with van der Waals surface area (Å²) in [4.78, 5) is 0. The smallest absolute Gasteiger partial charge is 0.137 e. The molecule has 2 N–H and O–H groups in total. The number of halogens is 1. The monoisotopic (exact) mass is 223 g/mol. The quantitative estimate of drug-likeness (QED) is 0.836. The van der Waals surface area contributed by atoms with Crippen molar-refractivity contribution in [2.75, 3.05) is 7.11 Å². The minimum absolute atomic E-state index is 0.00787. The minimum Gasteiger partial charge on any atom is -0.497 e. The lowest BCUT2D eigenvalue weighted by Crippen LogP contribution is -2.22. The Morgan fingerprint density at radius 2 is 2.25 bits per heavy atom. The Morgan fingerprint density at radius 3 is 2.75 bits per heavy atom. The zero-order valence-corrected chi connectivity index (χ0v) is 9.79. The molecule has 1 fully saturated rings. The summed E-state index contributed by atoms with van der Waals surface area (Å²) in [6.45, 7) is 1.92. The van der Waals surface area contributed by atoms with Crippen LogP contribution in [0.15, 0.2) is 18.2 Å². The van der Waals surface area contributed by atoms with Gasteiger partial charge in [0.15, 0.2) is 0 Å². The number of hydrogen-bond acceptors (Lipinski definition) is 2. The van der Waals surface area contributed by atoms with Gasteiger partial charge in [0.25, 0.3) is 0 Å². The second kappa shape index (κ2) is 4.06. The molecule has 2 unspecified atom stereocenters. The van der Waals surface area contributed by atoms with E-state index >= 15 is 0 Å². The van der Waals surface area contributed by atoms with Crippen molar-refractivity contribution in [3.8, 4) is 5.75 Å². The van der Waals surface area contributed by atoms with Gasteiger partial charge in [-0.15, -0.1) is 0 Å². The molecule has 0 radical (unpaired) electrons. The summed E-state index contributed by atoms with van der Waals surface area (Å²) in [5, 5.41) is 0. The molecule has 0 saturated heterocycles. The molecular formula is C13H18FNO. The van der Waals surface area contributed by atoms with Crippen molar-refractivity contribution >= 4 is 0 Å². The van der Waals surface area contributed by atoms with E-state index in [1.807, 2.05) is 25.1 Å². The van der Waals surface area contributed by atoms with Gasteiger partial charge in [-0.3, -0.25) is 0 Å². The molecule has 0 aromatic heterocycles. The molecule has 16 heavy (non-hydrogen) atoms. The number of methoxy groups -OCH3 is 1. The Hall–Kier alpha value is -1.09. The molecule has 3 heteroatoms. The number of hydrogen-bond donors (Lipinski definition) is 1. The van der Waals surface area contributed by atoms with E-state index in [1.54, 1.807) is 7.11 Å². The van der Waals surface area contributed by atoms with Crippen molar-refractivity contribution < 1.29 is 9.13 Å². The van der Waals surface area contributed by atoms with E-state index in [0.29, 0.717) is 12.8 Å². The minimum atomic E-state index is -1.24. The molecule has 1 aromatic rings. The highest BCUT2D eigenvalue weighted by Crippen LogP contribution is 2.43. The zero-order chi connectivity index (χ0) is 11.8. The first kappa shape index (κ1) is 11.4. The SMILES string of the molecule is COc1ccc(C2(F)CCC(N)C2)c(C)c1. The Kier molecular flexibility index (Phi) is 2.89. The van der Waals surface area contributed by atoms with Crippen LogP contribution >= 0.6 is 0 Å². The lowest BCUT2D eigenvalue weighted by atomic mass is 9.90. The fourth-order valence-corrected chi connectivity index (χ4v) is 2.54. The molecule has 1 aliphatic carbocycles. The average Bonchev–Trinajstić information content (AvgIpc) is 2.59. The molecule has 2 atom stereocenters. The number of rotatable bonds is 2. The topological polar surface area (TPSA) is 35.2 Å². The third-order valence-electron chi connectivity index (χ3n) is 3.41. The number of nitrogens with two attached hydrogens (primary N) is 1. The van der Waals surface area contributed by atoms with E-state index in [2.05, 4.69) is 0 Å². The van der Waals surface area contributed by atoms with Gasteiger partial charge in [-0.2, -0.15) is 0 Å².